The molecule has 6 heteroatoms. The highest BCUT2D eigenvalue weighted by Gasteiger charge is 2.28. The summed E-state index contributed by atoms with van der Waals surface area (Å²) >= 11 is 0. The molecule has 0 aromatic carbocycles. The molecule has 6 nitrogen and oxygen atoms in total. The molecule has 3 rings (SSSR count). The number of ether oxygens (including phenoxy) is 1. The van der Waals surface area contributed by atoms with Crippen LogP contribution in [0.4, 0.5) is 11.6 Å². The Morgan fingerprint density at radius 1 is 1.38 bits per heavy atom. The molecule has 1 saturated heterocycles. The number of nitrogens with two attached hydrogens (primary N) is 1. The van der Waals surface area contributed by atoms with Gasteiger partial charge in [0.05, 0.1) is 12.7 Å². The van der Waals surface area contributed by atoms with Gasteiger partial charge in [-0.25, -0.2) is 9.97 Å². The first-order valence-electron chi connectivity index (χ1n) is 7.89. The number of rotatable bonds is 5. The molecule has 2 heterocycles. The molecule has 2 aliphatic rings. The quantitative estimate of drug-likeness (QED) is 0.853. The summed E-state index contributed by atoms with van der Waals surface area (Å²) in [6.07, 6.45) is 2.57. The molecule has 116 valence electrons. The van der Waals surface area contributed by atoms with Crippen LogP contribution in [0, 0.1) is 6.92 Å². The number of nitrogen functional groups attached to an aromatic ring is 1. The van der Waals surface area contributed by atoms with Crippen molar-refractivity contribution in [3.63, 3.8) is 0 Å². The van der Waals surface area contributed by atoms with Crippen LogP contribution in [0.2, 0.25) is 0 Å². The van der Waals surface area contributed by atoms with Gasteiger partial charge < -0.3 is 15.8 Å². The van der Waals surface area contributed by atoms with Gasteiger partial charge >= 0.3 is 0 Å². The molecule has 1 unspecified atom stereocenters. The standard InChI is InChI=1S/C15H25N5O/c1-3-20-6-7-21-12(9-20)8-17-14-10(2)13(16)18-15(19-14)11-4-5-11/h11-12H,3-9H2,1-2H3,(H3,16,17,18,19). The number of nitrogens with one attached hydrogen (secondary N) is 1. The Morgan fingerprint density at radius 2 is 2.19 bits per heavy atom. The van der Waals surface area contributed by atoms with Crippen molar-refractivity contribution in [3.05, 3.63) is 11.4 Å². The van der Waals surface area contributed by atoms with Gasteiger partial charge in [-0.05, 0) is 26.3 Å². The third kappa shape index (κ3) is 3.44. The third-order valence-corrected chi connectivity index (χ3v) is 4.31. The molecule has 1 aliphatic heterocycles. The predicted octanol–water partition coefficient (Wildman–Crippen LogP) is 1.38. The average Bonchev–Trinajstić information content (AvgIpc) is 3.33. The molecule has 1 aromatic heterocycles. The van der Waals surface area contributed by atoms with E-state index in [4.69, 9.17) is 10.5 Å². The number of likely N-dealkylation sites (N-methyl/N-ethyl adjacent to an activating group) is 1. The lowest BCUT2D eigenvalue weighted by Crippen LogP contribution is -2.45. The third-order valence-electron chi connectivity index (χ3n) is 4.31. The van der Waals surface area contributed by atoms with Gasteiger partial charge in [-0.1, -0.05) is 6.92 Å². The number of hydrogen-bond donors (Lipinski definition) is 2. The van der Waals surface area contributed by atoms with E-state index in [-0.39, 0.29) is 6.10 Å². The maximum atomic E-state index is 6.01. The molecule has 2 fully saturated rings. The second-order valence-electron chi connectivity index (χ2n) is 5.98. The summed E-state index contributed by atoms with van der Waals surface area (Å²) < 4.78 is 5.81. The first-order chi connectivity index (χ1) is 10.2. The van der Waals surface area contributed by atoms with E-state index >= 15 is 0 Å². The van der Waals surface area contributed by atoms with Crippen LogP contribution in [0.5, 0.6) is 0 Å². The number of hydrogen-bond acceptors (Lipinski definition) is 6. The fourth-order valence-corrected chi connectivity index (χ4v) is 2.65. The minimum Gasteiger partial charge on any atom is -0.383 e. The second-order valence-corrected chi connectivity index (χ2v) is 5.98. The van der Waals surface area contributed by atoms with Crippen LogP contribution in [0.3, 0.4) is 0 Å². The Labute approximate surface area is 126 Å². The lowest BCUT2D eigenvalue weighted by molar-refractivity contribution is -0.0192. The molecule has 0 amide bonds. The van der Waals surface area contributed by atoms with E-state index in [1.165, 1.54) is 12.8 Å². The predicted molar refractivity (Wildman–Crippen MR) is 83.5 cm³/mol. The highest BCUT2D eigenvalue weighted by atomic mass is 16.5. The topological polar surface area (TPSA) is 76.3 Å². The first-order valence-corrected chi connectivity index (χ1v) is 7.89. The van der Waals surface area contributed by atoms with E-state index in [0.29, 0.717) is 11.7 Å². The van der Waals surface area contributed by atoms with Gasteiger partial charge in [-0.2, -0.15) is 0 Å². The second kappa shape index (κ2) is 6.15. The van der Waals surface area contributed by atoms with Gasteiger partial charge in [-0.15, -0.1) is 0 Å². The molecule has 0 bridgehead atoms. The van der Waals surface area contributed by atoms with E-state index in [0.717, 1.165) is 50.0 Å². The normalized spacial score (nSPS) is 23.2. The fourth-order valence-electron chi connectivity index (χ4n) is 2.65. The lowest BCUT2D eigenvalue weighted by Gasteiger charge is -2.32. The summed E-state index contributed by atoms with van der Waals surface area (Å²) in [5, 5.41) is 3.41. The molecule has 1 saturated carbocycles. The van der Waals surface area contributed by atoms with E-state index in [1.54, 1.807) is 0 Å². The molecule has 0 radical (unpaired) electrons. The van der Waals surface area contributed by atoms with Crippen LogP contribution >= 0.6 is 0 Å². The average molecular weight is 291 g/mol. The number of aromatic nitrogens is 2. The largest absolute Gasteiger partial charge is 0.383 e. The summed E-state index contributed by atoms with van der Waals surface area (Å²) in [6, 6.07) is 0. The van der Waals surface area contributed by atoms with Crippen LogP contribution < -0.4 is 11.1 Å². The van der Waals surface area contributed by atoms with E-state index in [1.807, 2.05) is 6.92 Å². The van der Waals surface area contributed by atoms with Gasteiger partial charge in [0.25, 0.3) is 0 Å². The van der Waals surface area contributed by atoms with Gasteiger partial charge in [-0.3, -0.25) is 4.90 Å². The van der Waals surface area contributed by atoms with E-state index in [2.05, 4.69) is 27.1 Å². The Morgan fingerprint density at radius 3 is 2.90 bits per heavy atom. The van der Waals surface area contributed by atoms with Crippen molar-refractivity contribution in [2.45, 2.75) is 38.7 Å². The number of morpholine rings is 1. The first kappa shape index (κ1) is 14.5. The highest BCUT2D eigenvalue weighted by Crippen LogP contribution is 2.39. The Balaban J connectivity index is 1.64. The van der Waals surface area contributed by atoms with Crippen LogP contribution in [-0.2, 0) is 4.74 Å². The molecule has 1 atom stereocenters. The molecular weight excluding hydrogens is 266 g/mol. The number of anilines is 2. The molecule has 0 spiro atoms. The summed E-state index contributed by atoms with van der Waals surface area (Å²) in [6.45, 7) is 8.79. The van der Waals surface area contributed by atoms with Gasteiger partial charge in [0.15, 0.2) is 0 Å². The van der Waals surface area contributed by atoms with Crippen LogP contribution in [0.15, 0.2) is 0 Å². The van der Waals surface area contributed by atoms with Crippen molar-refractivity contribution in [2.24, 2.45) is 0 Å². The van der Waals surface area contributed by atoms with Crippen molar-refractivity contribution in [2.75, 3.05) is 43.8 Å². The minimum absolute atomic E-state index is 0.207. The summed E-state index contributed by atoms with van der Waals surface area (Å²) in [5.74, 6) is 2.85. The fraction of sp³-hybridized carbons (Fsp3) is 0.733. The summed E-state index contributed by atoms with van der Waals surface area (Å²) in [5.41, 5.74) is 6.94. The van der Waals surface area contributed by atoms with Crippen LogP contribution in [-0.4, -0.2) is 53.8 Å². The van der Waals surface area contributed by atoms with Gasteiger partial charge in [0.1, 0.15) is 17.5 Å². The lowest BCUT2D eigenvalue weighted by atomic mass is 10.2. The van der Waals surface area contributed by atoms with Crippen LogP contribution in [0.1, 0.15) is 37.1 Å². The van der Waals surface area contributed by atoms with Crippen molar-refractivity contribution >= 4 is 11.6 Å². The molecule has 3 N–H and O–H groups in total. The van der Waals surface area contributed by atoms with Crippen molar-refractivity contribution in [1.29, 1.82) is 0 Å². The van der Waals surface area contributed by atoms with E-state index < -0.39 is 0 Å². The molecule has 1 aromatic rings. The Hall–Kier alpha value is -1.40. The van der Waals surface area contributed by atoms with Gasteiger partial charge in [0.2, 0.25) is 0 Å². The smallest absolute Gasteiger partial charge is 0.136 e. The monoisotopic (exact) mass is 291 g/mol. The maximum absolute atomic E-state index is 6.01. The molecule has 1 aliphatic carbocycles. The zero-order valence-corrected chi connectivity index (χ0v) is 12.9. The maximum Gasteiger partial charge on any atom is 0.136 e. The number of nitrogens with zero attached hydrogens (tertiary/aromatic N) is 3. The molecular formula is C15H25N5O. The zero-order chi connectivity index (χ0) is 14.8. The van der Waals surface area contributed by atoms with Crippen molar-refractivity contribution in [3.8, 4) is 0 Å². The minimum atomic E-state index is 0.207. The van der Waals surface area contributed by atoms with E-state index in [9.17, 15) is 0 Å². The van der Waals surface area contributed by atoms with Crippen molar-refractivity contribution < 1.29 is 4.74 Å². The summed E-state index contributed by atoms with van der Waals surface area (Å²) in [7, 11) is 0. The zero-order valence-electron chi connectivity index (χ0n) is 12.9. The van der Waals surface area contributed by atoms with Crippen molar-refractivity contribution in [1.82, 2.24) is 14.9 Å². The van der Waals surface area contributed by atoms with Crippen LogP contribution in [0.25, 0.3) is 0 Å². The summed E-state index contributed by atoms with van der Waals surface area (Å²) in [4.78, 5) is 11.5. The highest BCUT2D eigenvalue weighted by molar-refractivity contribution is 5.55. The van der Waals surface area contributed by atoms with Gasteiger partial charge in [0, 0.05) is 31.1 Å². The SMILES string of the molecule is CCN1CCOC(CNc2nc(C3CC3)nc(N)c2C)C1. The Bertz CT molecular complexity index is 503. The Kier molecular flexibility index (Phi) is 4.26. The molecule has 21 heavy (non-hydrogen) atoms.